The predicted molar refractivity (Wildman–Crippen MR) is 102 cm³/mol. The fraction of sp³-hybridized carbons (Fsp3) is 0.263. The van der Waals surface area contributed by atoms with Gasteiger partial charge in [0.25, 0.3) is 0 Å². The maximum atomic E-state index is 12.6. The highest BCUT2D eigenvalue weighted by Crippen LogP contribution is 2.39. The first kappa shape index (κ1) is 19.9. The van der Waals surface area contributed by atoms with Crippen LogP contribution in [-0.4, -0.2) is 17.9 Å². The standard InChI is InChI=1S/C19H17Cl2F3N2O/c20-15-6-3-5-13(17(15)21)18-12(4-1-2-9-25)14-10-11(27-19(22,23)24)7-8-16(14)26-18/h3,5-8,10,26H,1-2,4,9,25H2. The Labute approximate surface area is 164 Å². The Hall–Kier alpha value is -1.89. The first-order chi connectivity index (χ1) is 12.8. The highest BCUT2D eigenvalue weighted by atomic mass is 35.5. The molecular formula is C19H17Cl2F3N2O. The fourth-order valence-electron chi connectivity index (χ4n) is 3.06. The Morgan fingerprint density at radius 1 is 1.07 bits per heavy atom. The molecular weight excluding hydrogens is 400 g/mol. The lowest BCUT2D eigenvalue weighted by Gasteiger charge is -2.10. The van der Waals surface area contributed by atoms with Gasteiger partial charge in [0.2, 0.25) is 0 Å². The minimum atomic E-state index is -4.75. The van der Waals surface area contributed by atoms with E-state index in [1.807, 2.05) is 6.07 Å². The van der Waals surface area contributed by atoms with E-state index >= 15 is 0 Å². The number of halogens is 5. The first-order valence-electron chi connectivity index (χ1n) is 8.35. The van der Waals surface area contributed by atoms with Crippen LogP contribution < -0.4 is 10.5 Å². The molecule has 0 aliphatic carbocycles. The van der Waals surface area contributed by atoms with Crippen LogP contribution in [0, 0.1) is 0 Å². The molecule has 0 amide bonds. The van der Waals surface area contributed by atoms with Crippen LogP contribution in [-0.2, 0) is 6.42 Å². The van der Waals surface area contributed by atoms with Crippen molar-refractivity contribution >= 4 is 34.1 Å². The number of aromatic amines is 1. The second-order valence-electron chi connectivity index (χ2n) is 6.08. The molecule has 3 aromatic rings. The number of nitrogens with one attached hydrogen (secondary N) is 1. The third-order valence-corrected chi connectivity index (χ3v) is 5.03. The number of alkyl halides is 3. The molecule has 3 N–H and O–H groups in total. The van der Waals surface area contributed by atoms with Crippen LogP contribution in [0.15, 0.2) is 36.4 Å². The zero-order valence-corrected chi connectivity index (χ0v) is 15.7. The molecule has 3 nitrogen and oxygen atoms in total. The Morgan fingerprint density at radius 3 is 2.56 bits per heavy atom. The zero-order chi connectivity index (χ0) is 19.6. The third-order valence-electron chi connectivity index (χ3n) is 4.21. The summed E-state index contributed by atoms with van der Waals surface area (Å²) in [6.07, 6.45) is -2.53. The summed E-state index contributed by atoms with van der Waals surface area (Å²) in [5.74, 6) is -0.266. The van der Waals surface area contributed by atoms with Crippen molar-refractivity contribution in [1.82, 2.24) is 4.98 Å². The van der Waals surface area contributed by atoms with Gasteiger partial charge in [-0.25, -0.2) is 0 Å². The van der Waals surface area contributed by atoms with Crippen molar-refractivity contribution in [2.45, 2.75) is 25.6 Å². The summed E-state index contributed by atoms with van der Waals surface area (Å²) in [7, 11) is 0. The third kappa shape index (κ3) is 4.51. The summed E-state index contributed by atoms with van der Waals surface area (Å²) in [6, 6.07) is 9.50. The summed E-state index contributed by atoms with van der Waals surface area (Å²) < 4.78 is 41.8. The molecule has 0 aliphatic heterocycles. The van der Waals surface area contributed by atoms with E-state index in [2.05, 4.69) is 9.72 Å². The number of ether oxygens (including phenoxy) is 1. The molecule has 0 atom stereocenters. The van der Waals surface area contributed by atoms with Crippen LogP contribution in [0.3, 0.4) is 0 Å². The van der Waals surface area contributed by atoms with Gasteiger partial charge in [-0.2, -0.15) is 0 Å². The molecule has 0 radical (unpaired) electrons. The molecule has 3 rings (SSSR count). The van der Waals surface area contributed by atoms with Crippen molar-refractivity contribution in [3.8, 4) is 17.0 Å². The lowest BCUT2D eigenvalue weighted by atomic mass is 10.00. The summed E-state index contributed by atoms with van der Waals surface area (Å²) in [4.78, 5) is 3.25. The molecule has 0 unspecified atom stereocenters. The van der Waals surface area contributed by atoms with Crippen molar-refractivity contribution in [2.24, 2.45) is 5.73 Å². The Morgan fingerprint density at radius 2 is 1.85 bits per heavy atom. The SMILES string of the molecule is NCCCCc1c(-c2cccc(Cl)c2Cl)[nH]c2ccc(OC(F)(F)F)cc12. The summed E-state index contributed by atoms with van der Waals surface area (Å²) in [5, 5.41) is 1.44. The van der Waals surface area contributed by atoms with Gasteiger partial charge in [0.05, 0.1) is 15.7 Å². The van der Waals surface area contributed by atoms with E-state index in [4.69, 9.17) is 28.9 Å². The number of unbranched alkanes of at least 4 members (excludes halogenated alkanes) is 1. The normalized spacial score (nSPS) is 11.9. The monoisotopic (exact) mass is 416 g/mol. The number of fused-ring (bicyclic) bond motifs is 1. The molecule has 1 heterocycles. The van der Waals surface area contributed by atoms with Gasteiger partial charge in [0.15, 0.2) is 0 Å². The number of hydrogen-bond acceptors (Lipinski definition) is 2. The Kier molecular flexibility index (Phi) is 5.89. The van der Waals surface area contributed by atoms with Gasteiger partial charge in [-0.1, -0.05) is 35.3 Å². The average molecular weight is 417 g/mol. The lowest BCUT2D eigenvalue weighted by molar-refractivity contribution is -0.274. The molecule has 1 aromatic heterocycles. The van der Waals surface area contributed by atoms with E-state index in [0.717, 1.165) is 24.1 Å². The number of benzene rings is 2. The minimum Gasteiger partial charge on any atom is -0.406 e. The summed E-state index contributed by atoms with van der Waals surface area (Å²) in [6.45, 7) is 0.540. The number of aryl methyl sites for hydroxylation is 1. The molecule has 0 fully saturated rings. The van der Waals surface area contributed by atoms with Crippen LogP contribution in [0.4, 0.5) is 13.2 Å². The number of hydrogen-bond donors (Lipinski definition) is 2. The Balaban J connectivity index is 2.14. The van der Waals surface area contributed by atoms with Crippen LogP contribution in [0.2, 0.25) is 10.0 Å². The van der Waals surface area contributed by atoms with Crippen LogP contribution in [0.1, 0.15) is 18.4 Å². The predicted octanol–water partition coefficient (Wildman–Crippen LogP) is 6.32. The van der Waals surface area contributed by atoms with E-state index in [0.29, 0.717) is 39.5 Å². The van der Waals surface area contributed by atoms with E-state index in [9.17, 15) is 13.2 Å². The maximum Gasteiger partial charge on any atom is 0.573 e. The van der Waals surface area contributed by atoms with Gasteiger partial charge in [-0.15, -0.1) is 13.2 Å². The molecule has 0 aliphatic rings. The van der Waals surface area contributed by atoms with E-state index in [-0.39, 0.29) is 5.75 Å². The van der Waals surface area contributed by atoms with Crippen LogP contribution in [0.25, 0.3) is 22.2 Å². The molecule has 2 aromatic carbocycles. The smallest absolute Gasteiger partial charge is 0.406 e. The van der Waals surface area contributed by atoms with Crippen molar-refractivity contribution < 1.29 is 17.9 Å². The number of aromatic nitrogens is 1. The topological polar surface area (TPSA) is 51.0 Å². The molecule has 8 heteroatoms. The van der Waals surface area contributed by atoms with Gasteiger partial charge in [-0.05, 0) is 55.6 Å². The molecule has 0 saturated heterocycles. The van der Waals surface area contributed by atoms with Gasteiger partial charge >= 0.3 is 6.36 Å². The molecule has 0 bridgehead atoms. The molecule has 27 heavy (non-hydrogen) atoms. The van der Waals surface area contributed by atoms with Gasteiger partial charge < -0.3 is 15.5 Å². The Bertz CT molecular complexity index is 954. The van der Waals surface area contributed by atoms with Crippen molar-refractivity contribution in [1.29, 1.82) is 0 Å². The van der Waals surface area contributed by atoms with E-state index < -0.39 is 6.36 Å². The second-order valence-corrected chi connectivity index (χ2v) is 6.87. The van der Waals surface area contributed by atoms with Gasteiger partial charge in [-0.3, -0.25) is 0 Å². The lowest BCUT2D eigenvalue weighted by Crippen LogP contribution is -2.16. The van der Waals surface area contributed by atoms with Crippen molar-refractivity contribution in [3.05, 3.63) is 52.0 Å². The largest absolute Gasteiger partial charge is 0.573 e. The van der Waals surface area contributed by atoms with Crippen LogP contribution in [0.5, 0.6) is 5.75 Å². The van der Waals surface area contributed by atoms with E-state index in [1.165, 1.54) is 12.1 Å². The van der Waals surface area contributed by atoms with Crippen LogP contribution >= 0.6 is 23.2 Å². The number of H-pyrrole nitrogens is 1. The first-order valence-corrected chi connectivity index (χ1v) is 9.10. The average Bonchev–Trinajstić information content (AvgIpc) is 2.94. The second kappa shape index (κ2) is 8.00. The molecule has 0 spiro atoms. The minimum absolute atomic E-state index is 0.266. The summed E-state index contributed by atoms with van der Waals surface area (Å²) >= 11 is 12.5. The maximum absolute atomic E-state index is 12.6. The fourth-order valence-corrected chi connectivity index (χ4v) is 3.45. The van der Waals surface area contributed by atoms with Gasteiger partial charge in [0.1, 0.15) is 5.75 Å². The number of rotatable bonds is 6. The van der Waals surface area contributed by atoms with Crippen molar-refractivity contribution in [2.75, 3.05) is 6.54 Å². The van der Waals surface area contributed by atoms with Gasteiger partial charge in [0, 0.05) is 16.5 Å². The highest BCUT2D eigenvalue weighted by molar-refractivity contribution is 6.43. The number of nitrogens with two attached hydrogens (primary N) is 1. The highest BCUT2D eigenvalue weighted by Gasteiger charge is 2.31. The van der Waals surface area contributed by atoms with Crippen molar-refractivity contribution in [3.63, 3.8) is 0 Å². The quantitative estimate of drug-likeness (QED) is 0.461. The summed E-state index contributed by atoms with van der Waals surface area (Å²) in [5.41, 5.74) is 8.56. The van der Waals surface area contributed by atoms with E-state index in [1.54, 1.807) is 18.2 Å². The zero-order valence-electron chi connectivity index (χ0n) is 14.2. The molecule has 0 saturated carbocycles. The molecule has 144 valence electrons.